The van der Waals surface area contributed by atoms with Gasteiger partial charge in [0.1, 0.15) is 11.3 Å². The fourth-order valence-electron chi connectivity index (χ4n) is 1.05. The third-order valence-corrected chi connectivity index (χ3v) is 1.62. The van der Waals surface area contributed by atoms with Crippen molar-refractivity contribution < 1.29 is 19.6 Å². The van der Waals surface area contributed by atoms with Gasteiger partial charge in [0.15, 0.2) is 0 Å². The smallest absolute Gasteiger partial charge is 0.282 e. The Morgan fingerprint density at radius 3 is 2.57 bits per heavy atom. The lowest BCUT2D eigenvalue weighted by Crippen LogP contribution is -2.24. The summed E-state index contributed by atoms with van der Waals surface area (Å²) < 4.78 is 4.67. The summed E-state index contributed by atoms with van der Waals surface area (Å²) in [4.78, 5) is 20.3. The first-order valence-electron chi connectivity index (χ1n) is 3.60. The van der Waals surface area contributed by atoms with E-state index in [1.54, 1.807) is 0 Å². The van der Waals surface area contributed by atoms with Crippen LogP contribution in [-0.4, -0.2) is 18.0 Å². The summed E-state index contributed by atoms with van der Waals surface area (Å²) in [5.74, 6) is -1.71. The van der Waals surface area contributed by atoms with Crippen LogP contribution in [0.25, 0.3) is 0 Å². The first-order valence-corrected chi connectivity index (χ1v) is 3.60. The van der Waals surface area contributed by atoms with Crippen LogP contribution >= 0.6 is 0 Å². The minimum absolute atomic E-state index is 0.0841. The maximum Gasteiger partial charge on any atom is 0.282 e. The lowest BCUT2D eigenvalue weighted by Gasteiger charge is -2.08. The third-order valence-electron chi connectivity index (χ3n) is 1.62. The van der Waals surface area contributed by atoms with Crippen LogP contribution in [0.1, 0.15) is 10.4 Å². The Balaban J connectivity index is 3.43. The van der Waals surface area contributed by atoms with Gasteiger partial charge in [0.05, 0.1) is 18.0 Å². The molecule has 6 heteroatoms. The average molecular weight is 196 g/mol. The Hall–Kier alpha value is -2.11. The van der Waals surface area contributed by atoms with E-state index in [0.29, 0.717) is 0 Å². The summed E-state index contributed by atoms with van der Waals surface area (Å²) in [6.07, 6.45) is 0. The van der Waals surface area contributed by atoms with Crippen molar-refractivity contribution in [3.05, 3.63) is 33.9 Å². The standard InChI is InChI=1S/C8H7NO5/c1-14-6-4-2-3-5(9(12)13)7(6)8(10)11/h2-4H,1H3,(H,10,11)/p-1. The molecule has 0 atom stereocenters. The van der Waals surface area contributed by atoms with Gasteiger partial charge in [-0.3, -0.25) is 10.1 Å². The van der Waals surface area contributed by atoms with Gasteiger partial charge < -0.3 is 14.6 Å². The molecule has 74 valence electrons. The predicted molar refractivity (Wildman–Crippen MR) is 44.0 cm³/mol. The van der Waals surface area contributed by atoms with Crippen LogP contribution in [0.2, 0.25) is 0 Å². The molecule has 0 bridgehead atoms. The van der Waals surface area contributed by atoms with Gasteiger partial charge in [-0.05, 0) is 6.07 Å². The summed E-state index contributed by atoms with van der Waals surface area (Å²) >= 11 is 0. The Kier molecular flexibility index (Phi) is 2.66. The molecule has 0 saturated carbocycles. The lowest BCUT2D eigenvalue weighted by atomic mass is 10.1. The zero-order chi connectivity index (χ0) is 10.7. The fourth-order valence-corrected chi connectivity index (χ4v) is 1.05. The van der Waals surface area contributed by atoms with E-state index in [4.69, 9.17) is 0 Å². The SMILES string of the molecule is COc1cccc([N+](=O)[O-])c1C(=O)[O-]. The van der Waals surface area contributed by atoms with Crippen molar-refractivity contribution in [2.45, 2.75) is 0 Å². The van der Waals surface area contributed by atoms with Crippen molar-refractivity contribution in [3.8, 4) is 5.75 Å². The van der Waals surface area contributed by atoms with Gasteiger partial charge in [-0.25, -0.2) is 0 Å². The molecule has 0 N–H and O–H groups in total. The van der Waals surface area contributed by atoms with E-state index in [-0.39, 0.29) is 5.75 Å². The molecule has 0 amide bonds. The Bertz CT molecular complexity index is 387. The number of aromatic carboxylic acids is 1. The molecule has 1 aromatic carbocycles. The highest BCUT2D eigenvalue weighted by molar-refractivity contribution is 5.94. The largest absolute Gasteiger partial charge is 0.544 e. The molecule has 1 rings (SSSR count). The molecule has 0 fully saturated rings. The van der Waals surface area contributed by atoms with E-state index in [9.17, 15) is 20.0 Å². The zero-order valence-corrected chi connectivity index (χ0v) is 7.22. The number of carboxylic acid groups (broad SMARTS) is 1. The summed E-state index contributed by atoms with van der Waals surface area (Å²) in [6, 6.07) is 3.73. The number of hydrogen-bond donors (Lipinski definition) is 0. The number of nitrogens with zero attached hydrogens (tertiary/aromatic N) is 1. The third kappa shape index (κ3) is 1.63. The molecule has 0 aromatic heterocycles. The number of carboxylic acids is 1. The Morgan fingerprint density at radius 1 is 1.50 bits per heavy atom. The number of benzene rings is 1. The number of carbonyl (C=O) groups excluding carboxylic acids is 1. The van der Waals surface area contributed by atoms with Crippen molar-refractivity contribution in [2.24, 2.45) is 0 Å². The Labute approximate surface area is 78.9 Å². The topological polar surface area (TPSA) is 92.5 Å². The van der Waals surface area contributed by atoms with Gasteiger partial charge in [0.2, 0.25) is 0 Å². The molecule has 0 spiro atoms. The van der Waals surface area contributed by atoms with Crippen molar-refractivity contribution >= 4 is 11.7 Å². The molecule has 0 aliphatic carbocycles. The number of methoxy groups -OCH3 is 1. The molecule has 6 nitrogen and oxygen atoms in total. The predicted octanol–water partition coefficient (Wildman–Crippen LogP) is -0.0331. The number of nitro benzene ring substituents is 1. The number of carbonyl (C=O) groups is 1. The molecule has 14 heavy (non-hydrogen) atoms. The minimum Gasteiger partial charge on any atom is -0.544 e. The molecule has 0 aliphatic rings. The summed E-state index contributed by atoms with van der Waals surface area (Å²) in [6.45, 7) is 0. The van der Waals surface area contributed by atoms with Gasteiger partial charge in [0, 0.05) is 6.07 Å². The molecular formula is C8H6NO5-. The van der Waals surface area contributed by atoms with E-state index < -0.39 is 22.1 Å². The second-order valence-electron chi connectivity index (χ2n) is 2.40. The van der Waals surface area contributed by atoms with Crippen LogP contribution in [0, 0.1) is 10.1 Å². The molecule has 0 saturated heterocycles. The van der Waals surface area contributed by atoms with E-state index in [2.05, 4.69) is 4.74 Å². The van der Waals surface area contributed by atoms with Gasteiger partial charge in [-0.15, -0.1) is 0 Å². The second kappa shape index (κ2) is 3.73. The normalized spacial score (nSPS) is 9.50. The highest BCUT2D eigenvalue weighted by Gasteiger charge is 2.18. The number of hydrogen-bond acceptors (Lipinski definition) is 5. The monoisotopic (exact) mass is 196 g/mol. The zero-order valence-electron chi connectivity index (χ0n) is 7.22. The van der Waals surface area contributed by atoms with Crippen LogP contribution in [0.5, 0.6) is 5.75 Å². The molecule has 0 unspecified atom stereocenters. The van der Waals surface area contributed by atoms with Crippen LogP contribution in [0.3, 0.4) is 0 Å². The van der Waals surface area contributed by atoms with Crippen molar-refractivity contribution in [1.82, 2.24) is 0 Å². The number of nitro groups is 1. The van der Waals surface area contributed by atoms with Gasteiger partial charge in [-0.1, -0.05) is 6.07 Å². The van der Waals surface area contributed by atoms with Crippen molar-refractivity contribution in [1.29, 1.82) is 0 Å². The van der Waals surface area contributed by atoms with Crippen molar-refractivity contribution in [3.63, 3.8) is 0 Å². The highest BCUT2D eigenvalue weighted by atomic mass is 16.6. The molecule has 0 aliphatic heterocycles. The quantitative estimate of drug-likeness (QED) is 0.499. The maximum absolute atomic E-state index is 10.6. The first kappa shape index (κ1) is 9.97. The highest BCUT2D eigenvalue weighted by Crippen LogP contribution is 2.26. The van der Waals surface area contributed by atoms with Gasteiger partial charge >= 0.3 is 0 Å². The lowest BCUT2D eigenvalue weighted by molar-refractivity contribution is -0.385. The van der Waals surface area contributed by atoms with Crippen LogP contribution < -0.4 is 9.84 Å². The maximum atomic E-state index is 10.6. The summed E-state index contributed by atoms with van der Waals surface area (Å²) in [5, 5.41) is 21.1. The van der Waals surface area contributed by atoms with Crippen LogP contribution in [0.4, 0.5) is 5.69 Å². The van der Waals surface area contributed by atoms with E-state index in [1.165, 1.54) is 19.2 Å². The average Bonchev–Trinajstić information content (AvgIpc) is 2.16. The van der Waals surface area contributed by atoms with Crippen LogP contribution in [-0.2, 0) is 0 Å². The molecule has 1 aromatic rings. The molecule has 0 radical (unpaired) electrons. The van der Waals surface area contributed by atoms with E-state index in [1.807, 2.05) is 0 Å². The fraction of sp³-hybridized carbons (Fsp3) is 0.125. The number of rotatable bonds is 3. The second-order valence-corrected chi connectivity index (χ2v) is 2.40. The van der Waals surface area contributed by atoms with E-state index in [0.717, 1.165) is 6.07 Å². The van der Waals surface area contributed by atoms with Gasteiger partial charge in [-0.2, -0.15) is 0 Å². The minimum atomic E-state index is -1.63. The van der Waals surface area contributed by atoms with Crippen LogP contribution in [0.15, 0.2) is 18.2 Å². The summed E-state index contributed by atoms with van der Waals surface area (Å²) in [7, 11) is 1.23. The van der Waals surface area contributed by atoms with E-state index >= 15 is 0 Å². The number of ether oxygens (including phenoxy) is 1. The first-order chi connectivity index (χ1) is 6.57. The van der Waals surface area contributed by atoms with Gasteiger partial charge in [0.25, 0.3) is 5.69 Å². The molecular weight excluding hydrogens is 190 g/mol. The molecule has 0 heterocycles. The summed E-state index contributed by atoms with van der Waals surface area (Å²) in [5.41, 5.74) is -1.08. The Morgan fingerprint density at radius 2 is 2.14 bits per heavy atom. The van der Waals surface area contributed by atoms with Crippen molar-refractivity contribution in [2.75, 3.05) is 7.11 Å².